The Morgan fingerprint density at radius 2 is 1.93 bits per heavy atom. The number of hydrogen-bond acceptors (Lipinski definition) is 6. The fourth-order valence-corrected chi connectivity index (χ4v) is 3.59. The highest BCUT2D eigenvalue weighted by Crippen LogP contribution is 2.34. The number of hydrogen-bond donors (Lipinski definition) is 1. The highest BCUT2D eigenvalue weighted by molar-refractivity contribution is 7.19. The van der Waals surface area contributed by atoms with Crippen LogP contribution in [-0.2, 0) is 16.0 Å². The van der Waals surface area contributed by atoms with Crippen molar-refractivity contribution in [2.24, 2.45) is 0 Å². The highest BCUT2D eigenvalue weighted by Gasteiger charge is 2.24. The standard InChI is InChI=1S/C19H16N2O5S/c1-2-26-19(23)15-11-17(21(24)25)27-18(15)20-16(22)10-13-8-5-7-12-6-3-4-9-14(12)13/h3-9,11H,2,10H2,1H3,(H,20,22). The van der Waals surface area contributed by atoms with Crippen LogP contribution >= 0.6 is 11.3 Å². The van der Waals surface area contributed by atoms with Crippen molar-refractivity contribution in [2.75, 3.05) is 11.9 Å². The van der Waals surface area contributed by atoms with Crippen molar-refractivity contribution in [1.82, 2.24) is 0 Å². The van der Waals surface area contributed by atoms with Crippen molar-refractivity contribution >= 4 is 44.0 Å². The number of nitro groups is 1. The number of esters is 1. The van der Waals surface area contributed by atoms with Crippen LogP contribution in [0.4, 0.5) is 10.0 Å². The first kappa shape index (κ1) is 18.5. The van der Waals surface area contributed by atoms with Crippen molar-refractivity contribution in [2.45, 2.75) is 13.3 Å². The van der Waals surface area contributed by atoms with Crippen LogP contribution in [0, 0.1) is 10.1 Å². The lowest BCUT2D eigenvalue weighted by Gasteiger charge is -2.08. The van der Waals surface area contributed by atoms with E-state index in [1.54, 1.807) is 6.92 Å². The van der Waals surface area contributed by atoms with Crippen molar-refractivity contribution in [3.05, 3.63) is 69.8 Å². The van der Waals surface area contributed by atoms with Gasteiger partial charge in [0.25, 0.3) is 0 Å². The molecule has 1 heterocycles. The third kappa shape index (κ3) is 4.12. The molecule has 0 spiro atoms. The predicted octanol–water partition coefficient (Wildman–Crippen LogP) is 4.17. The van der Waals surface area contributed by atoms with Gasteiger partial charge in [-0.05, 0) is 34.6 Å². The molecule has 0 bridgehead atoms. The quantitative estimate of drug-likeness (QED) is 0.391. The number of anilines is 1. The molecule has 0 saturated heterocycles. The van der Waals surface area contributed by atoms with Gasteiger partial charge in [0, 0.05) is 6.07 Å². The maximum Gasteiger partial charge on any atom is 0.341 e. The smallest absolute Gasteiger partial charge is 0.341 e. The molecule has 3 aromatic rings. The molecule has 1 N–H and O–H groups in total. The number of carbonyl (C=O) groups is 2. The van der Waals surface area contributed by atoms with Crippen LogP contribution in [0.3, 0.4) is 0 Å². The van der Waals surface area contributed by atoms with E-state index in [-0.39, 0.29) is 34.5 Å². The van der Waals surface area contributed by atoms with E-state index < -0.39 is 10.9 Å². The number of carbonyl (C=O) groups excluding carboxylic acids is 2. The highest BCUT2D eigenvalue weighted by atomic mass is 32.1. The summed E-state index contributed by atoms with van der Waals surface area (Å²) < 4.78 is 4.91. The molecule has 0 aliphatic carbocycles. The minimum absolute atomic E-state index is 0.0141. The summed E-state index contributed by atoms with van der Waals surface area (Å²) in [7, 11) is 0. The van der Waals surface area contributed by atoms with Crippen LogP contribution in [-0.4, -0.2) is 23.4 Å². The zero-order valence-electron chi connectivity index (χ0n) is 14.4. The van der Waals surface area contributed by atoms with E-state index in [0.29, 0.717) is 0 Å². The Kier molecular flexibility index (Phi) is 5.46. The van der Waals surface area contributed by atoms with Gasteiger partial charge < -0.3 is 10.1 Å². The zero-order valence-corrected chi connectivity index (χ0v) is 15.2. The third-order valence-electron chi connectivity index (χ3n) is 3.88. The number of amides is 1. The van der Waals surface area contributed by atoms with Crippen molar-refractivity contribution in [3.8, 4) is 0 Å². The molecule has 0 unspecified atom stereocenters. The van der Waals surface area contributed by atoms with Crippen LogP contribution in [0.25, 0.3) is 10.8 Å². The molecule has 2 aromatic carbocycles. The van der Waals surface area contributed by atoms with Gasteiger partial charge >= 0.3 is 11.0 Å². The van der Waals surface area contributed by atoms with E-state index in [9.17, 15) is 19.7 Å². The molecule has 7 nitrogen and oxygen atoms in total. The summed E-state index contributed by atoms with van der Waals surface area (Å²) in [5.74, 6) is -1.07. The molecule has 27 heavy (non-hydrogen) atoms. The molecular weight excluding hydrogens is 368 g/mol. The van der Waals surface area contributed by atoms with Crippen LogP contribution in [0.2, 0.25) is 0 Å². The lowest BCUT2D eigenvalue weighted by Crippen LogP contribution is -2.16. The second-order valence-electron chi connectivity index (χ2n) is 5.67. The molecule has 0 aliphatic heterocycles. The number of thiophene rings is 1. The Bertz CT molecular complexity index is 1020. The lowest BCUT2D eigenvalue weighted by atomic mass is 10.0. The van der Waals surface area contributed by atoms with Crippen LogP contribution in [0.15, 0.2) is 48.5 Å². The minimum atomic E-state index is -0.706. The Morgan fingerprint density at radius 1 is 1.19 bits per heavy atom. The van der Waals surface area contributed by atoms with E-state index in [1.165, 1.54) is 0 Å². The van der Waals surface area contributed by atoms with Gasteiger partial charge in [-0.15, -0.1) is 0 Å². The van der Waals surface area contributed by atoms with E-state index in [1.807, 2.05) is 42.5 Å². The number of benzene rings is 2. The second-order valence-corrected chi connectivity index (χ2v) is 6.70. The van der Waals surface area contributed by atoms with Crippen LogP contribution < -0.4 is 5.32 Å². The van der Waals surface area contributed by atoms with Gasteiger partial charge in [-0.3, -0.25) is 14.9 Å². The molecule has 3 rings (SSSR count). The summed E-state index contributed by atoms with van der Waals surface area (Å²) in [5.41, 5.74) is 0.814. The summed E-state index contributed by atoms with van der Waals surface area (Å²) in [6.07, 6.45) is 0.0787. The maximum absolute atomic E-state index is 12.5. The first-order valence-electron chi connectivity index (χ1n) is 8.21. The third-order valence-corrected chi connectivity index (χ3v) is 4.88. The predicted molar refractivity (Wildman–Crippen MR) is 103 cm³/mol. The van der Waals surface area contributed by atoms with Gasteiger partial charge in [0.2, 0.25) is 5.91 Å². The lowest BCUT2D eigenvalue weighted by molar-refractivity contribution is -0.380. The Morgan fingerprint density at radius 3 is 2.67 bits per heavy atom. The van der Waals surface area contributed by atoms with Gasteiger partial charge in [0.15, 0.2) is 0 Å². The van der Waals surface area contributed by atoms with Gasteiger partial charge in [-0.1, -0.05) is 42.5 Å². The Labute approximate surface area is 158 Å². The summed E-state index contributed by atoms with van der Waals surface area (Å²) in [6, 6.07) is 14.5. The first-order valence-corrected chi connectivity index (χ1v) is 9.03. The number of nitrogens with zero attached hydrogens (tertiary/aromatic N) is 1. The summed E-state index contributed by atoms with van der Waals surface area (Å²) >= 11 is 0.732. The molecule has 138 valence electrons. The van der Waals surface area contributed by atoms with E-state index >= 15 is 0 Å². The van der Waals surface area contributed by atoms with Crippen LogP contribution in [0.1, 0.15) is 22.8 Å². The van der Waals surface area contributed by atoms with E-state index in [4.69, 9.17) is 4.74 Å². The molecule has 0 atom stereocenters. The van der Waals surface area contributed by atoms with Crippen molar-refractivity contribution < 1.29 is 19.2 Å². The molecule has 0 radical (unpaired) electrons. The fraction of sp³-hybridized carbons (Fsp3) is 0.158. The van der Waals surface area contributed by atoms with Gasteiger partial charge in [-0.25, -0.2) is 4.79 Å². The molecular formula is C19H16N2O5S. The Hall–Kier alpha value is -3.26. The first-order chi connectivity index (χ1) is 13.0. The van der Waals surface area contributed by atoms with Crippen molar-refractivity contribution in [1.29, 1.82) is 0 Å². The minimum Gasteiger partial charge on any atom is -0.462 e. The topological polar surface area (TPSA) is 98.5 Å². The molecule has 1 amide bonds. The van der Waals surface area contributed by atoms with Crippen LogP contribution in [0.5, 0.6) is 0 Å². The van der Waals surface area contributed by atoms with E-state index in [0.717, 1.165) is 33.7 Å². The average molecular weight is 384 g/mol. The molecule has 8 heteroatoms. The SMILES string of the molecule is CCOC(=O)c1cc([N+](=O)[O-])sc1NC(=O)Cc1cccc2ccccc12. The number of rotatable bonds is 6. The average Bonchev–Trinajstić information content (AvgIpc) is 3.06. The molecule has 0 aliphatic rings. The zero-order chi connectivity index (χ0) is 19.4. The molecule has 1 aromatic heterocycles. The second kappa shape index (κ2) is 7.96. The molecule has 0 fully saturated rings. The summed E-state index contributed by atoms with van der Waals surface area (Å²) in [6.45, 7) is 1.77. The van der Waals surface area contributed by atoms with Gasteiger partial charge in [-0.2, -0.15) is 0 Å². The Balaban J connectivity index is 1.85. The summed E-state index contributed by atoms with van der Waals surface area (Å²) in [5, 5.41) is 15.5. The largest absolute Gasteiger partial charge is 0.462 e. The van der Waals surface area contributed by atoms with Gasteiger partial charge in [0.1, 0.15) is 10.6 Å². The number of nitrogens with one attached hydrogen (secondary N) is 1. The fourth-order valence-electron chi connectivity index (χ4n) is 2.71. The normalized spacial score (nSPS) is 10.6. The number of ether oxygens (including phenoxy) is 1. The van der Waals surface area contributed by atoms with Gasteiger partial charge in [0.05, 0.1) is 18.0 Å². The number of fused-ring (bicyclic) bond motifs is 1. The maximum atomic E-state index is 12.5. The van der Waals surface area contributed by atoms with E-state index in [2.05, 4.69) is 5.32 Å². The van der Waals surface area contributed by atoms with Crippen molar-refractivity contribution in [3.63, 3.8) is 0 Å². The summed E-state index contributed by atoms with van der Waals surface area (Å²) in [4.78, 5) is 35.0. The monoisotopic (exact) mass is 384 g/mol. The molecule has 0 saturated carbocycles.